The van der Waals surface area contributed by atoms with Crippen LogP contribution < -0.4 is 5.32 Å². The number of anilines is 1. The molecule has 0 bridgehead atoms. The third-order valence-corrected chi connectivity index (χ3v) is 5.48. The van der Waals surface area contributed by atoms with Gasteiger partial charge in [-0.2, -0.15) is 5.10 Å². The van der Waals surface area contributed by atoms with Gasteiger partial charge in [-0.3, -0.25) is 14.6 Å². The Labute approximate surface area is 188 Å². The Balaban J connectivity index is 1.26. The van der Waals surface area contributed by atoms with Crippen molar-refractivity contribution in [3.05, 3.63) is 83.8 Å². The van der Waals surface area contributed by atoms with Crippen LogP contribution >= 0.6 is 0 Å². The van der Waals surface area contributed by atoms with Gasteiger partial charge in [-0.1, -0.05) is 42.5 Å². The second kappa shape index (κ2) is 10.3. The van der Waals surface area contributed by atoms with Crippen LogP contribution in [-0.2, 0) is 4.79 Å². The first kappa shape index (κ1) is 21.9. The van der Waals surface area contributed by atoms with E-state index in [2.05, 4.69) is 44.5 Å². The summed E-state index contributed by atoms with van der Waals surface area (Å²) in [4.78, 5) is 17.2. The highest BCUT2D eigenvalue weighted by molar-refractivity contribution is 5.91. The summed E-state index contributed by atoms with van der Waals surface area (Å²) in [6, 6.07) is 18.1. The minimum atomic E-state index is -0.307. The molecule has 3 aromatic rings. The Kier molecular flexibility index (Phi) is 7.09. The maximum atomic E-state index is 13.2. The lowest BCUT2D eigenvalue weighted by Crippen LogP contribution is -2.48. The fourth-order valence-corrected chi connectivity index (χ4v) is 3.79. The molecule has 0 radical (unpaired) electrons. The smallest absolute Gasteiger partial charge is 0.239 e. The fourth-order valence-electron chi connectivity index (χ4n) is 3.79. The van der Waals surface area contributed by atoms with Gasteiger partial charge in [0.15, 0.2) is 0 Å². The normalized spacial score (nSPS) is 15.3. The fraction of sp³-hybridized carbons (Fsp3) is 0.280. The van der Waals surface area contributed by atoms with E-state index in [1.807, 2.05) is 31.2 Å². The average molecular weight is 434 g/mol. The number of carbonyl (C=O) groups excluding carboxylic acids is 1. The molecule has 166 valence electrons. The number of hydrogen-bond acceptors (Lipinski definition) is 4. The van der Waals surface area contributed by atoms with Crippen molar-refractivity contribution in [1.29, 1.82) is 0 Å². The SMILES string of the molecule is Cc1cc(NC(=O)CN2CCN(C/C=C/c3ccccc3)CC2)n(-c2ccc(F)cc2)n1. The number of amides is 1. The number of piperazine rings is 1. The minimum Gasteiger partial charge on any atom is -0.309 e. The van der Waals surface area contributed by atoms with E-state index in [4.69, 9.17) is 0 Å². The van der Waals surface area contributed by atoms with E-state index in [1.165, 1.54) is 17.7 Å². The van der Waals surface area contributed by atoms with Crippen LogP contribution in [0.1, 0.15) is 11.3 Å². The lowest BCUT2D eigenvalue weighted by Gasteiger charge is -2.33. The molecule has 1 N–H and O–H groups in total. The lowest BCUT2D eigenvalue weighted by molar-refractivity contribution is -0.117. The highest BCUT2D eigenvalue weighted by Crippen LogP contribution is 2.17. The number of hydrogen-bond donors (Lipinski definition) is 1. The molecular formula is C25H28FN5O. The zero-order valence-electron chi connectivity index (χ0n) is 18.2. The highest BCUT2D eigenvalue weighted by Gasteiger charge is 2.19. The molecule has 0 atom stereocenters. The van der Waals surface area contributed by atoms with Gasteiger partial charge in [0.1, 0.15) is 11.6 Å². The van der Waals surface area contributed by atoms with Crippen LogP contribution in [0.4, 0.5) is 10.2 Å². The number of carbonyl (C=O) groups is 1. The van der Waals surface area contributed by atoms with Crippen molar-refractivity contribution in [2.75, 3.05) is 44.6 Å². The van der Waals surface area contributed by atoms with Gasteiger partial charge in [-0.25, -0.2) is 9.07 Å². The maximum absolute atomic E-state index is 13.2. The molecule has 0 spiro atoms. The number of rotatable bonds is 7. The lowest BCUT2D eigenvalue weighted by atomic mass is 10.2. The Hall–Kier alpha value is -3.29. The van der Waals surface area contributed by atoms with Crippen LogP contribution in [0, 0.1) is 12.7 Å². The van der Waals surface area contributed by atoms with Crippen LogP contribution in [0.3, 0.4) is 0 Å². The number of nitrogens with zero attached hydrogens (tertiary/aromatic N) is 4. The third kappa shape index (κ3) is 5.90. The van der Waals surface area contributed by atoms with E-state index in [1.54, 1.807) is 16.8 Å². The van der Waals surface area contributed by atoms with Crippen molar-refractivity contribution in [2.24, 2.45) is 0 Å². The molecule has 4 rings (SSSR count). The van der Waals surface area contributed by atoms with E-state index in [-0.39, 0.29) is 11.7 Å². The van der Waals surface area contributed by atoms with Gasteiger partial charge in [0.05, 0.1) is 17.9 Å². The van der Waals surface area contributed by atoms with Gasteiger partial charge in [-0.05, 0) is 36.8 Å². The molecule has 0 saturated carbocycles. The first-order chi connectivity index (χ1) is 15.6. The van der Waals surface area contributed by atoms with Gasteiger partial charge in [-0.15, -0.1) is 0 Å². The van der Waals surface area contributed by atoms with Crippen molar-refractivity contribution in [3.8, 4) is 5.69 Å². The molecule has 1 aromatic heterocycles. The van der Waals surface area contributed by atoms with Gasteiger partial charge in [0.2, 0.25) is 5.91 Å². The van der Waals surface area contributed by atoms with Crippen LogP contribution in [0.2, 0.25) is 0 Å². The Morgan fingerprint density at radius 2 is 1.72 bits per heavy atom. The standard InChI is InChI=1S/C25H28FN5O/c1-20-18-24(31(28-20)23-11-9-22(26)10-12-23)27-25(32)19-30-16-14-29(15-17-30)13-5-8-21-6-3-2-4-7-21/h2-12,18H,13-17,19H2,1H3,(H,27,32)/b8-5+. The number of aromatic nitrogens is 2. The Bertz CT molecular complexity index is 1050. The first-order valence-corrected chi connectivity index (χ1v) is 10.9. The third-order valence-electron chi connectivity index (χ3n) is 5.48. The molecule has 1 saturated heterocycles. The van der Waals surface area contributed by atoms with E-state index in [0.717, 1.165) is 38.4 Å². The second-order valence-electron chi connectivity index (χ2n) is 8.00. The highest BCUT2D eigenvalue weighted by atomic mass is 19.1. The van der Waals surface area contributed by atoms with Crippen molar-refractivity contribution in [3.63, 3.8) is 0 Å². The van der Waals surface area contributed by atoms with Gasteiger partial charge >= 0.3 is 0 Å². The average Bonchev–Trinajstić information content (AvgIpc) is 3.16. The van der Waals surface area contributed by atoms with E-state index >= 15 is 0 Å². The van der Waals surface area contributed by atoms with Crippen molar-refractivity contribution < 1.29 is 9.18 Å². The monoisotopic (exact) mass is 433 g/mol. The molecular weight excluding hydrogens is 405 g/mol. The first-order valence-electron chi connectivity index (χ1n) is 10.9. The number of nitrogens with one attached hydrogen (secondary N) is 1. The van der Waals surface area contributed by atoms with Gasteiger partial charge in [0.25, 0.3) is 0 Å². The molecule has 0 unspecified atom stereocenters. The second-order valence-corrected chi connectivity index (χ2v) is 8.00. The van der Waals surface area contributed by atoms with Crippen LogP contribution in [0.5, 0.6) is 0 Å². The molecule has 0 aliphatic carbocycles. The summed E-state index contributed by atoms with van der Waals surface area (Å²) in [5.74, 6) is 0.201. The molecule has 6 nitrogen and oxygen atoms in total. The predicted octanol–water partition coefficient (Wildman–Crippen LogP) is 3.59. The van der Waals surface area contributed by atoms with Gasteiger partial charge < -0.3 is 5.32 Å². The summed E-state index contributed by atoms with van der Waals surface area (Å²) in [5, 5.41) is 7.38. The van der Waals surface area contributed by atoms with Crippen molar-refractivity contribution in [1.82, 2.24) is 19.6 Å². The van der Waals surface area contributed by atoms with E-state index in [0.29, 0.717) is 18.1 Å². The van der Waals surface area contributed by atoms with Crippen molar-refractivity contribution >= 4 is 17.8 Å². The molecule has 1 amide bonds. The van der Waals surface area contributed by atoms with Gasteiger partial charge in [0, 0.05) is 38.8 Å². The molecule has 1 aliphatic rings. The number of halogens is 1. The topological polar surface area (TPSA) is 53.4 Å². The minimum absolute atomic E-state index is 0.0781. The summed E-state index contributed by atoms with van der Waals surface area (Å²) in [6.07, 6.45) is 4.34. The summed E-state index contributed by atoms with van der Waals surface area (Å²) in [7, 11) is 0. The summed E-state index contributed by atoms with van der Waals surface area (Å²) in [5.41, 5.74) is 2.69. The predicted molar refractivity (Wildman–Crippen MR) is 125 cm³/mol. The Morgan fingerprint density at radius 1 is 1.03 bits per heavy atom. The van der Waals surface area contributed by atoms with E-state index in [9.17, 15) is 9.18 Å². The maximum Gasteiger partial charge on any atom is 0.239 e. The van der Waals surface area contributed by atoms with Crippen LogP contribution in [-0.4, -0.2) is 64.8 Å². The Morgan fingerprint density at radius 3 is 2.44 bits per heavy atom. The van der Waals surface area contributed by atoms with E-state index < -0.39 is 0 Å². The number of aryl methyl sites for hydroxylation is 1. The van der Waals surface area contributed by atoms with Crippen LogP contribution in [0.15, 0.2) is 66.7 Å². The van der Waals surface area contributed by atoms with Crippen LogP contribution in [0.25, 0.3) is 11.8 Å². The summed E-state index contributed by atoms with van der Waals surface area (Å²) < 4.78 is 14.9. The number of benzene rings is 2. The molecule has 2 aromatic carbocycles. The van der Waals surface area contributed by atoms with Crippen molar-refractivity contribution in [2.45, 2.75) is 6.92 Å². The zero-order chi connectivity index (χ0) is 22.3. The molecule has 2 heterocycles. The summed E-state index contributed by atoms with van der Waals surface area (Å²) in [6.45, 7) is 6.66. The molecule has 32 heavy (non-hydrogen) atoms. The largest absolute Gasteiger partial charge is 0.309 e. The summed E-state index contributed by atoms with van der Waals surface area (Å²) >= 11 is 0. The molecule has 1 fully saturated rings. The molecule has 7 heteroatoms. The molecule has 1 aliphatic heterocycles. The quantitative estimate of drug-likeness (QED) is 0.619. The zero-order valence-corrected chi connectivity index (χ0v) is 18.2.